The number of amides is 3. The Bertz CT molecular complexity index is 798. The zero-order valence-electron chi connectivity index (χ0n) is 17.2. The van der Waals surface area contributed by atoms with Crippen molar-refractivity contribution in [2.24, 2.45) is 5.92 Å². The Morgan fingerprint density at radius 3 is 2.55 bits per heavy atom. The molecule has 1 aliphatic carbocycles. The van der Waals surface area contributed by atoms with E-state index < -0.39 is 6.04 Å². The Labute approximate surface area is 170 Å². The van der Waals surface area contributed by atoms with Crippen LogP contribution in [0.1, 0.15) is 43.2 Å². The molecule has 1 saturated carbocycles. The van der Waals surface area contributed by atoms with Gasteiger partial charge in [-0.05, 0) is 33.1 Å². The molecule has 9 heteroatoms. The van der Waals surface area contributed by atoms with E-state index >= 15 is 0 Å². The van der Waals surface area contributed by atoms with Gasteiger partial charge in [0.2, 0.25) is 17.7 Å². The monoisotopic (exact) mass is 403 g/mol. The summed E-state index contributed by atoms with van der Waals surface area (Å²) in [5.41, 5.74) is 1.87. The van der Waals surface area contributed by atoms with E-state index in [2.05, 4.69) is 20.7 Å². The van der Waals surface area contributed by atoms with Crippen LogP contribution in [0.4, 0.5) is 0 Å². The molecule has 2 aliphatic heterocycles. The first kappa shape index (κ1) is 19.9. The van der Waals surface area contributed by atoms with Gasteiger partial charge in [0.1, 0.15) is 11.8 Å². The molecular weight excluding hydrogens is 374 g/mol. The van der Waals surface area contributed by atoms with Gasteiger partial charge >= 0.3 is 0 Å². The van der Waals surface area contributed by atoms with E-state index in [9.17, 15) is 14.4 Å². The van der Waals surface area contributed by atoms with Gasteiger partial charge in [0.25, 0.3) is 0 Å². The average Bonchev–Trinajstić information content (AvgIpc) is 3.39. The van der Waals surface area contributed by atoms with Crippen molar-refractivity contribution in [1.29, 1.82) is 0 Å². The lowest BCUT2D eigenvalue weighted by molar-refractivity contribution is -0.136. The molecular formula is C20H29N5O4. The van der Waals surface area contributed by atoms with Crippen molar-refractivity contribution in [2.45, 2.75) is 64.7 Å². The van der Waals surface area contributed by atoms with Crippen molar-refractivity contribution >= 4 is 17.7 Å². The minimum Gasteiger partial charge on any atom is -0.361 e. The van der Waals surface area contributed by atoms with Gasteiger partial charge in [-0.15, -0.1) is 0 Å². The fraction of sp³-hybridized carbons (Fsp3) is 0.700. The van der Waals surface area contributed by atoms with Crippen molar-refractivity contribution in [1.82, 2.24) is 25.6 Å². The number of hydrogen-bond acceptors (Lipinski definition) is 6. The minimum absolute atomic E-state index is 0.00245. The predicted octanol–water partition coefficient (Wildman–Crippen LogP) is 0.107. The molecule has 0 unspecified atom stereocenters. The number of nitrogens with one attached hydrogen (secondary N) is 2. The van der Waals surface area contributed by atoms with E-state index in [1.54, 1.807) is 0 Å². The standard InChI is InChI=1S/C20H29N5O4/c1-11-17(12(2)29-23-11)9-24-8-16-6-15(21-13(3)26)7-25(16)20(28)18(10-24)22-19(27)14-4-5-14/h14-16,18H,4-10H2,1-3H3,(H,21,26)(H,22,27)/t15-,16-,18-/m0/s1. The van der Waals surface area contributed by atoms with E-state index in [1.165, 1.54) is 6.92 Å². The van der Waals surface area contributed by atoms with Crippen LogP contribution >= 0.6 is 0 Å². The molecule has 2 N–H and O–H groups in total. The summed E-state index contributed by atoms with van der Waals surface area (Å²) < 4.78 is 5.30. The normalized spacial score (nSPS) is 27.5. The summed E-state index contributed by atoms with van der Waals surface area (Å²) in [4.78, 5) is 41.2. The van der Waals surface area contributed by atoms with Crippen LogP contribution in [0.25, 0.3) is 0 Å². The summed E-state index contributed by atoms with van der Waals surface area (Å²) in [6.07, 6.45) is 2.51. The molecule has 4 rings (SSSR count). The molecule has 1 aromatic heterocycles. The van der Waals surface area contributed by atoms with Crippen LogP contribution in [0, 0.1) is 19.8 Å². The molecule has 0 radical (unpaired) electrons. The van der Waals surface area contributed by atoms with Gasteiger partial charge in [-0.1, -0.05) is 5.16 Å². The second kappa shape index (κ2) is 7.78. The van der Waals surface area contributed by atoms with Crippen LogP contribution in [0.15, 0.2) is 4.52 Å². The van der Waals surface area contributed by atoms with Crippen LogP contribution in [-0.2, 0) is 20.9 Å². The predicted molar refractivity (Wildman–Crippen MR) is 104 cm³/mol. The SMILES string of the molecule is CC(=O)N[C@H]1C[C@H]2CN(Cc3c(C)noc3C)C[C@H](NC(=O)C3CC3)C(=O)N2C1. The Morgan fingerprint density at radius 2 is 1.93 bits per heavy atom. The third-order valence-electron chi connectivity index (χ3n) is 6.14. The molecule has 2 saturated heterocycles. The first-order valence-corrected chi connectivity index (χ1v) is 10.3. The smallest absolute Gasteiger partial charge is 0.246 e. The number of fused-ring (bicyclic) bond motifs is 1. The highest BCUT2D eigenvalue weighted by atomic mass is 16.5. The van der Waals surface area contributed by atoms with Gasteiger partial charge in [0, 0.05) is 56.7 Å². The Hall–Kier alpha value is -2.42. The maximum absolute atomic E-state index is 13.3. The number of carbonyl (C=O) groups excluding carboxylic acids is 3. The molecule has 3 amide bonds. The van der Waals surface area contributed by atoms with E-state index in [-0.39, 0.29) is 35.7 Å². The van der Waals surface area contributed by atoms with Gasteiger partial charge in [0.15, 0.2) is 0 Å². The summed E-state index contributed by atoms with van der Waals surface area (Å²) in [5.74, 6) is 0.640. The highest BCUT2D eigenvalue weighted by Crippen LogP contribution is 2.30. The van der Waals surface area contributed by atoms with Crippen LogP contribution in [0.5, 0.6) is 0 Å². The van der Waals surface area contributed by atoms with Gasteiger partial charge < -0.3 is 20.1 Å². The van der Waals surface area contributed by atoms with Crippen LogP contribution in [0.2, 0.25) is 0 Å². The van der Waals surface area contributed by atoms with Crippen LogP contribution in [0.3, 0.4) is 0 Å². The number of aryl methyl sites for hydroxylation is 2. The highest BCUT2D eigenvalue weighted by Gasteiger charge is 2.44. The van der Waals surface area contributed by atoms with Crippen molar-refractivity contribution in [2.75, 3.05) is 19.6 Å². The van der Waals surface area contributed by atoms with E-state index in [4.69, 9.17) is 4.52 Å². The molecule has 3 aliphatic rings. The van der Waals surface area contributed by atoms with E-state index in [0.717, 1.165) is 29.9 Å². The zero-order chi connectivity index (χ0) is 20.7. The van der Waals surface area contributed by atoms with Crippen LogP contribution in [-0.4, -0.2) is 70.4 Å². The molecule has 3 fully saturated rings. The van der Waals surface area contributed by atoms with Gasteiger partial charge in [0.05, 0.1) is 5.69 Å². The third-order valence-corrected chi connectivity index (χ3v) is 6.14. The first-order chi connectivity index (χ1) is 13.8. The molecule has 3 atom stereocenters. The molecule has 0 spiro atoms. The lowest BCUT2D eigenvalue weighted by Crippen LogP contribution is -2.52. The topological polar surface area (TPSA) is 108 Å². The second-order valence-corrected chi connectivity index (χ2v) is 8.61. The minimum atomic E-state index is -0.579. The van der Waals surface area contributed by atoms with Crippen molar-refractivity contribution in [3.05, 3.63) is 17.0 Å². The van der Waals surface area contributed by atoms with Gasteiger partial charge in [-0.3, -0.25) is 19.3 Å². The molecule has 3 heterocycles. The summed E-state index contributed by atoms with van der Waals surface area (Å²) >= 11 is 0. The van der Waals surface area contributed by atoms with Crippen molar-refractivity contribution in [3.63, 3.8) is 0 Å². The fourth-order valence-electron chi connectivity index (χ4n) is 4.48. The van der Waals surface area contributed by atoms with Gasteiger partial charge in [-0.25, -0.2) is 0 Å². The summed E-state index contributed by atoms with van der Waals surface area (Å²) in [6, 6.07) is -0.632. The van der Waals surface area contributed by atoms with E-state index in [0.29, 0.717) is 32.6 Å². The average molecular weight is 403 g/mol. The molecule has 158 valence electrons. The van der Waals surface area contributed by atoms with Crippen molar-refractivity contribution < 1.29 is 18.9 Å². The molecule has 9 nitrogen and oxygen atoms in total. The second-order valence-electron chi connectivity index (χ2n) is 8.61. The zero-order valence-corrected chi connectivity index (χ0v) is 17.2. The van der Waals surface area contributed by atoms with Crippen molar-refractivity contribution in [3.8, 4) is 0 Å². The molecule has 0 aromatic carbocycles. The molecule has 1 aromatic rings. The largest absolute Gasteiger partial charge is 0.361 e. The van der Waals surface area contributed by atoms with E-state index in [1.807, 2.05) is 18.7 Å². The number of nitrogens with zero attached hydrogens (tertiary/aromatic N) is 3. The first-order valence-electron chi connectivity index (χ1n) is 10.3. The Morgan fingerprint density at radius 1 is 1.17 bits per heavy atom. The number of rotatable bonds is 5. The molecule has 0 bridgehead atoms. The molecule has 29 heavy (non-hydrogen) atoms. The maximum atomic E-state index is 13.3. The summed E-state index contributed by atoms with van der Waals surface area (Å²) in [5, 5.41) is 9.95. The fourth-order valence-corrected chi connectivity index (χ4v) is 4.48. The highest BCUT2D eigenvalue weighted by molar-refractivity contribution is 5.90. The van der Waals surface area contributed by atoms with Crippen LogP contribution < -0.4 is 10.6 Å². The summed E-state index contributed by atoms with van der Waals surface area (Å²) in [7, 11) is 0. The Kier molecular flexibility index (Phi) is 5.33. The number of hydrogen-bond donors (Lipinski definition) is 2. The van der Waals surface area contributed by atoms with Gasteiger partial charge in [-0.2, -0.15) is 0 Å². The maximum Gasteiger partial charge on any atom is 0.246 e. The Balaban J connectivity index is 1.54. The number of aromatic nitrogens is 1. The third kappa shape index (κ3) is 4.29. The lowest BCUT2D eigenvalue weighted by atomic mass is 10.1. The quantitative estimate of drug-likeness (QED) is 0.722. The summed E-state index contributed by atoms with van der Waals surface area (Å²) in [6.45, 7) is 7.53. The number of carbonyl (C=O) groups is 3. The lowest BCUT2D eigenvalue weighted by Gasteiger charge is -2.25.